The van der Waals surface area contributed by atoms with Gasteiger partial charge in [-0.2, -0.15) is 0 Å². The molecule has 0 heterocycles. The Balaban J connectivity index is 0.000000257. The maximum Gasteiger partial charge on any atom is 0.127 e. The largest absolute Gasteiger partial charge is 0.457 e. The molecule has 6 rings (SSSR count). The fraction of sp³-hybridized carbons (Fsp3) is 0.244. The molecule has 0 unspecified atom stereocenters. The Kier molecular flexibility index (Phi) is 9.91. The molecule has 240 valence electrons. The van der Waals surface area contributed by atoms with Gasteiger partial charge in [0.1, 0.15) is 23.0 Å². The second-order valence-electron chi connectivity index (χ2n) is 13.5. The van der Waals surface area contributed by atoms with Gasteiger partial charge in [-0.05, 0) is 170 Å². The third kappa shape index (κ3) is 7.60. The lowest BCUT2D eigenvalue weighted by Crippen LogP contribution is -2.18. The number of hydrogen-bond acceptors (Lipinski definition) is 2. The minimum atomic E-state index is -0.141. The first-order valence-electron chi connectivity index (χ1n) is 16.5. The smallest absolute Gasteiger partial charge is 0.127 e. The van der Waals surface area contributed by atoms with Crippen LogP contribution < -0.4 is 9.47 Å². The van der Waals surface area contributed by atoms with Gasteiger partial charge < -0.3 is 9.47 Å². The molecular formula is C45H48O2. The highest BCUT2D eigenvalue weighted by Crippen LogP contribution is 2.35. The molecule has 2 nitrogen and oxygen atoms in total. The van der Waals surface area contributed by atoms with Gasteiger partial charge in [0.25, 0.3) is 0 Å². The Morgan fingerprint density at radius 2 is 0.596 bits per heavy atom. The molecule has 0 spiro atoms. The van der Waals surface area contributed by atoms with E-state index in [1.807, 2.05) is 36.4 Å². The molecule has 0 aliphatic rings. The Bertz CT molecular complexity index is 1820. The van der Waals surface area contributed by atoms with E-state index in [0.717, 1.165) is 23.0 Å². The number of hydrogen-bond donors (Lipinski definition) is 0. The van der Waals surface area contributed by atoms with Crippen molar-refractivity contribution in [1.29, 1.82) is 0 Å². The Morgan fingerprint density at radius 1 is 0.319 bits per heavy atom. The van der Waals surface area contributed by atoms with Gasteiger partial charge in [0, 0.05) is 5.41 Å². The summed E-state index contributed by atoms with van der Waals surface area (Å²) in [5.74, 6) is 3.42. The van der Waals surface area contributed by atoms with E-state index in [1.54, 1.807) is 0 Å². The fourth-order valence-corrected chi connectivity index (χ4v) is 6.12. The summed E-state index contributed by atoms with van der Waals surface area (Å²) in [5, 5.41) is 2.87. The lowest BCUT2D eigenvalue weighted by molar-refractivity contribution is 0.480. The van der Waals surface area contributed by atoms with E-state index in [1.165, 1.54) is 66.4 Å². The zero-order chi connectivity index (χ0) is 33.9. The second-order valence-corrected chi connectivity index (χ2v) is 13.5. The third-order valence-corrected chi connectivity index (χ3v) is 9.57. The van der Waals surface area contributed by atoms with Crippen LogP contribution in [0.15, 0.2) is 109 Å². The van der Waals surface area contributed by atoms with E-state index in [9.17, 15) is 0 Å². The van der Waals surface area contributed by atoms with Gasteiger partial charge in [-0.1, -0.05) is 74.5 Å². The maximum absolute atomic E-state index is 6.06. The monoisotopic (exact) mass is 620 g/mol. The lowest BCUT2D eigenvalue weighted by atomic mass is 9.78. The van der Waals surface area contributed by atoms with Gasteiger partial charge >= 0.3 is 0 Å². The zero-order valence-corrected chi connectivity index (χ0v) is 29.7. The van der Waals surface area contributed by atoms with Gasteiger partial charge in [0.15, 0.2) is 0 Å². The topological polar surface area (TPSA) is 18.5 Å². The molecule has 0 amide bonds. The van der Waals surface area contributed by atoms with Gasteiger partial charge in [0.05, 0.1) is 0 Å². The van der Waals surface area contributed by atoms with E-state index < -0.39 is 0 Å². The van der Waals surface area contributed by atoms with Crippen LogP contribution in [-0.2, 0) is 5.41 Å². The molecule has 0 saturated carbocycles. The summed E-state index contributed by atoms with van der Waals surface area (Å²) in [6, 6.07) is 38.0. The van der Waals surface area contributed by atoms with Gasteiger partial charge in [-0.15, -0.1) is 0 Å². The minimum Gasteiger partial charge on any atom is -0.457 e. The standard InChI is InChI=1S/C31H32O2.C14H16/c1-21-7-13-29(19-23(21)3)32-27-15-9-25(10-16-27)31(5,6)26-11-17-28(18-12-26)33-30-14-8-22(2)24(4)20-30;1-9-5-6-11(3)14-12(4)8-7-10(2)13(9)14/h7-20H,1-6H3;5-8H,1-4H3. The number of fused-ring (bicyclic) bond motifs is 1. The van der Waals surface area contributed by atoms with Crippen LogP contribution in [-0.4, -0.2) is 0 Å². The van der Waals surface area contributed by atoms with Gasteiger partial charge in [-0.3, -0.25) is 0 Å². The van der Waals surface area contributed by atoms with Crippen molar-refractivity contribution < 1.29 is 9.47 Å². The van der Waals surface area contributed by atoms with Crippen molar-refractivity contribution >= 4 is 10.8 Å². The third-order valence-electron chi connectivity index (χ3n) is 9.57. The summed E-state index contributed by atoms with van der Waals surface area (Å²) in [7, 11) is 0. The summed E-state index contributed by atoms with van der Waals surface area (Å²) in [6.07, 6.45) is 0. The Morgan fingerprint density at radius 3 is 0.894 bits per heavy atom. The predicted octanol–water partition coefficient (Wildman–Crippen LogP) is 12.9. The highest BCUT2D eigenvalue weighted by atomic mass is 16.5. The first kappa shape index (κ1) is 33.5. The molecule has 0 bridgehead atoms. The average Bonchev–Trinajstić information content (AvgIpc) is 3.05. The quantitative estimate of drug-likeness (QED) is 0.184. The molecule has 47 heavy (non-hydrogen) atoms. The Hall–Kier alpha value is -4.82. The van der Waals surface area contributed by atoms with Crippen LogP contribution in [0.1, 0.15) is 69.5 Å². The van der Waals surface area contributed by atoms with Crippen LogP contribution in [0.25, 0.3) is 10.8 Å². The lowest BCUT2D eigenvalue weighted by Gasteiger charge is -2.26. The van der Waals surface area contributed by atoms with E-state index in [2.05, 4.69) is 142 Å². The zero-order valence-electron chi connectivity index (χ0n) is 29.7. The number of aryl methyl sites for hydroxylation is 8. The van der Waals surface area contributed by atoms with Crippen LogP contribution >= 0.6 is 0 Å². The number of ether oxygens (including phenoxy) is 2. The van der Waals surface area contributed by atoms with Crippen LogP contribution in [0.4, 0.5) is 0 Å². The highest BCUT2D eigenvalue weighted by Gasteiger charge is 2.23. The fourth-order valence-electron chi connectivity index (χ4n) is 6.12. The van der Waals surface area contributed by atoms with E-state index >= 15 is 0 Å². The SMILES string of the molecule is Cc1ccc(C)c2c(C)ccc(C)c12.Cc1ccc(Oc2ccc(C(C)(C)c3ccc(Oc4ccc(C)c(C)c4)cc3)cc2)cc1C. The van der Waals surface area contributed by atoms with E-state index in [-0.39, 0.29) is 5.41 Å². The average molecular weight is 621 g/mol. The summed E-state index contributed by atoms with van der Waals surface area (Å²) >= 11 is 0. The maximum atomic E-state index is 6.06. The van der Waals surface area contributed by atoms with Crippen molar-refractivity contribution in [2.45, 2.75) is 74.7 Å². The molecule has 6 aromatic rings. The number of benzene rings is 6. The minimum absolute atomic E-state index is 0.141. The van der Waals surface area contributed by atoms with Crippen molar-refractivity contribution in [3.05, 3.63) is 165 Å². The van der Waals surface area contributed by atoms with Crippen molar-refractivity contribution in [2.24, 2.45) is 0 Å². The molecule has 0 atom stereocenters. The molecule has 2 heteroatoms. The second kappa shape index (κ2) is 13.9. The molecule has 0 aliphatic carbocycles. The van der Waals surface area contributed by atoms with Crippen molar-refractivity contribution in [2.75, 3.05) is 0 Å². The van der Waals surface area contributed by atoms with Crippen LogP contribution in [0.2, 0.25) is 0 Å². The first-order chi connectivity index (χ1) is 22.3. The van der Waals surface area contributed by atoms with Crippen molar-refractivity contribution in [1.82, 2.24) is 0 Å². The molecule has 0 N–H and O–H groups in total. The molecule has 0 radical (unpaired) electrons. The first-order valence-corrected chi connectivity index (χ1v) is 16.5. The Labute approximate surface area is 282 Å². The summed E-state index contributed by atoms with van der Waals surface area (Å²) in [5.41, 5.74) is 12.9. The van der Waals surface area contributed by atoms with Crippen LogP contribution in [0.3, 0.4) is 0 Å². The molecule has 0 aliphatic heterocycles. The molecular weight excluding hydrogens is 572 g/mol. The van der Waals surface area contributed by atoms with Crippen molar-refractivity contribution in [3.8, 4) is 23.0 Å². The molecule has 6 aromatic carbocycles. The van der Waals surface area contributed by atoms with Gasteiger partial charge in [0.2, 0.25) is 0 Å². The van der Waals surface area contributed by atoms with E-state index in [4.69, 9.17) is 9.47 Å². The summed E-state index contributed by atoms with van der Waals surface area (Å²) in [4.78, 5) is 0. The molecule has 0 saturated heterocycles. The van der Waals surface area contributed by atoms with Crippen molar-refractivity contribution in [3.63, 3.8) is 0 Å². The molecule has 0 aromatic heterocycles. The molecule has 0 fully saturated rings. The number of rotatable bonds is 6. The predicted molar refractivity (Wildman–Crippen MR) is 200 cm³/mol. The summed E-state index contributed by atoms with van der Waals surface area (Å²) in [6.45, 7) is 21.7. The normalized spacial score (nSPS) is 11.2. The van der Waals surface area contributed by atoms with E-state index in [0.29, 0.717) is 0 Å². The van der Waals surface area contributed by atoms with Crippen LogP contribution in [0.5, 0.6) is 23.0 Å². The highest BCUT2D eigenvalue weighted by molar-refractivity contribution is 5.93. The summed E-state index contributed by atoms with van der Waals surface area (Å²) < 4.78 is 12.1. The van der Waals surface area contributed by atoms with Crippen LogP contribution in [0, 0.1) is 55.4 Å². The van der Waals surface area contributed by atoms with Gasteiger partial charge in [-0.25, -0.2) is 0 Å².